The predicted octanol–water partition coefficient (Wildman–Crippen LogP) is 1.35. The van der Waals surface area contributed by atoms with Crippen molar-refractivity contribution < 1.29 is 4.79 Å². The Morgan fingerprint density at radius 1 is 1.26 bits per heavy atom. The van der Waals surface area contributed by atoms with Gasteiger partial charge in [0.25, 0.3) is 0 Å². The van der Waals surface area contributed by atoms with Crippen molar-refractivity contribution >= 4 is 5.91 Å². The summed E-state index contributed by atoms with van der Waals surface area (Å²) in [5.41, 5.74) is 6.00. The van der Waals surface area contributed by atoms with Crippen LogP contribution in [0.2, 0.25) is 0 Å². The maximum atomic E-state index is 11.9. The van der Waals surface area contributed by atoms with E-state index >= 15 is 0 Å². The fourth-order valence-electron chi connectivity index (χ4n) is 3.27. The van der Waals surface area contributed by atoms with Crippen molar-refractivity contribution in [2.24, 2.45) is 17.6 Å². The average molecular weight is 267 g/mol. The maximum absolute atomic E-state index is 11.9. The molecule has 19 heavy (non-hydrogen) atoms. The average Bonchev–Trinajstić information content (AvgIpc) is 2.78. The third kappa shape index (κ3) is 4.77. The normalized spacial score (nSPS) is 29.6. The fraction of sp³-hybridized carbons (Fsp3) is 0.933. The van der Waals surface area contributed by atoms with Crippen molar-refractivity contribution in [1.29, 1.82) is 0 Å². The standard InChI is InChI=1S/C15H29N3O/c1-12-5-8-18(9-6-12)10-7-17-15(19)11-13-3-2-4-14(13)16/h12-14H,2-11,16H2,1H3,(H,17,19)/t13-,14+/m0/s1. The van der Waals surface area contributed by atoms with Crippen molar-refractivity contribution in [1.82, 2.24) is 10.2 Å². The number of nitrogens with one attached hydrogen (secondary N) is 1. The van der Waals surface area contributed by atoms with Crippen molar-refractivity contribution in [2.45, 2.75) is 51.5 Å². The summed E-state index contributed by atoms with van der Waals surface area (Å²) in [6.07, 6.45) is 6.61. The second-order valence-corrected chi connectivity index (χ2v) is 6.43. The van der Waals surface area contributed by atoms with E-state index in [2.05, 4.69) is 17.1 Å². The number of likely N-dealkylation sites (tertiary alicyclic amines) is 1. The van der Waals surface area contributed by atoms with Crippen molar-refractivity contribution in [3.8, 4) is 0 Å². The number of nitrogens with zero attached hydrogens (tertiary/aromatic N) is 1. The first kappa shape index (κ1) is 14.8. The Kier molecular flexibility index (Phi) is 5.64. The van der Waals surface area contributed by atoms with E-state index in [4.69, 9.17) is 5.73 Å². The van der Waals surface area contributed by atoms with Crippen LogP contribution in [0.25, 0.3) is 0 Å². The minimum absolute atomic E-state index is 0.188. The van der Waals surface area contributed by atoms with Crippen LogP contribution < -0.4 is 11.1 Å². The summed E-state index contributed by atoms with van der Waals surface area (Å²) in [5.74, 6) is 1.47. The highest BCUT2D eigenvalue weighted by atomic mass is 16.1. The summed E-state index contributed by atoms with van der Waals surface area (Å²) >= 11 is 0. The molecule has 2 aliphatic rings. The van der Waals surface area contributed by atoms with E-state index in [1.807, 2.05) is 0 Å². The molecule has 2 atom stereocenters. The number of amides is 1. The van der Waals surface area contributed by atoms with Crippen LogP contribution in [-0.4, -0.2) is 43.0 Å². The van der Waals surface area contributed by atoms with Gasteiger partial charge < -0.3 is 16.0 Å². The molecule has 1 heterocycles. The molecule has 1 saturated heterocycles. The SMILES string of the molecule is CC1CCN(CCNC(=O)C[C@@H]2CCC[C@H]2N)CC1. The lowest BCUT2D eigenvalue weighted by atomic mass is 9.99. The zero-order chi connectivity index (χ0) is 13.7. The second-order valence-electron chi connectivity index (χ2n) is 6.43. The van der Waals surface area contributed by atoms with Crippen LogP contribution in [0.3, 0.4) is 0 Å². The molecular weight excluding hydrogens is 238 g/mol. The molecule has 110 valence electrons. The van der Waals surface area contributed by atoms with Crippen LogP contribution in [0.15, 0.2) is 0 Å². The topological polar surface area (TPSA) is 58.4 Å². The summed E-state index contributed by atoms with van der Waals surface area (Å²) in [6.45, 7) is 6.48. The summed E-state index contributed by atoms with van der Waals surface area (Å²) in [7, 11) is 0. The van der Waals surface area contributed by atoms with Gasteiger partial charge in [0.1, 0.15) is 0 Å². The third-order valence-corrected chi connectivity index (χ3v) is 4.79. The third-order valence-electron chi connectivity index (χ3n) is 4.79. The zero-order valence-electron chi connectivity index (χ0n) is 12.2. The molecule has 1 saturated carbocycles. The number of rotatable bonds is 5. The molecule has 1 aliphatic carbocycles. The molecule has 1 amide bonds. The smallest absolute Gasteiger partial charge is 0.220 e. The first-order valence-corrected chi connectivity index (χ1v) is 7.90. The highest BCUT2D eigenvalue weighted by Crippen LogP contribution is 2.26. The van der Waals surface area contributed by atoms with Crippen molar-refractivity contribution in [2.75, 3.05) is 26.2 Å². The van der Waals surface area contributed by atoms with E-state index in [-0.39, 0.29) is 11.9 Å². The quantitative estimate of drug-likeness (QED) is 0.790. The van der Waals surface area contributed by atoms with Crippen LogP contribution in [0.1, 0.15) is 45.4 Å². The van der Waals surface area contributed by atoms with Crippen LogP contribution >= 0.6 is 0 Å². The first-order chi connectivity index (χ1) is 9.15. The molecule has 0 aromatic rings. The van der Waals surface area contributed by atoms with Crippen LogP contribution in [0.5, 0.6) is 0 Å². The molecule has 0 aromatic carbocycles. The molecule has 0 spiro atoms. The van der Waals surface area contributed by atoms with Gasteiger partial charge >= 0.3 is 0 Å². The molecule has 0 radical (unpaired) electrons. The highest BCUT2D eigenvalue weighted by Gasteiger charge is 2.25. The Balaban J connectivity index is 1.56. The molecule has 0 bridgehead atoms. The molecular formula is C15H29N3O. The number of nitrogens with two attached hydrogens (primary N) is 1. The first-order valence-electron chi connectivity index (χ1n) is 7.90. The van der Waals surface area contributed by atoms with E-state index in [0.717, 1.165) is 31.8 Å². The second kappa shape index (κ2) is 7.25. The largest absolute Gasteiger partial charge is 0.355 e. The number of hydrogen-bond acceptors (Lipinski definition) is 3. The zero-order valence-corrected chi connectivity index (χ0v) is 12.2. The summed E-state index contributed by atoms with van der Waals surface area (Å²) in [4.78, 5) is 14.3. The highest BCUT2D eigenvalue weighted by molar-refractivity contribution is 5.76. The monoisotopic (exact) mass is 267 g/mol. The van der Waals surface area contributed by atoms with Gasteiger partial charge in [0.2, 0.25) is 5.91 Å². The van der Waals surface area contributed by atoms with Crippen molar-refractivity contribution in [3.63, 3.8) is 0 Å². The van der Waals surface area contributed by atoms with E-state index < -0.39 is 0 Å². The molecule has 4 heteroatoms. The van der Waals surface area contributed by atoms with Crippen LogP contribution in [-0.2, 0) is 4.79 Å². The van der Waals surface area contributed by atoms with Gasteiger partial charge in [-0.05, 0) is 50.6 Å². The van der Waals surface area contributed by atoms with Gasteiger partial charge in [-0.25, -0.2) is 0 Å². The van der Waals surface area contributed by atoms with E-state index in [9.17, 15) is 4.79 Å². The number of piperidine rings is 1. The minimum atomic E-state index is 0.188. The lowest BCUT2D eigenvalue weighted by Crippen LogP contribution is -2.40. The van der Waals surface area contributed by atoms with Gasteiger partial charge in [-0.3, -0.25) is 4.79 Å². The van der Waals surface area contributed by atoms with E-state index in [1.54, 1.807) is 0 Å². The number of hydrogen-bond donors (Lipinski definition) is 2. The molecule has 2 fully saturated rings. The Labute approximate surface area is 117 Å². The molecule has 4 nitrogen and oxygen atoms in total. The summed E-state index contributed by atoms with van der Waals surface area (Å²) < 4.78 is 0. The molecule has 0 unspecified atom stereocenters. The maximum Gasteiger partial charge on any atom is 0.220 e. The Hall–Kier alpha value is -0.610. The van der Waals surface area contributed by atoms with Crippen LogP contribution in [0.4, 0.5) is 0 Å². The van der Waals surface area contributed by atoms with Gasteiger partial charge in [-0.1, -0.05) is 13.3 Å². The van der Waals surface area contributed by atoms with Gasteiger partial charge in [0.15, 0.2) is 0 Å². The summed E-state index contributed by atoms with van der Waals surface area (Å²) in [5, 5.41) is 3.05. The predicted molar refractivity (Wildman–Crippen MR) is 77.8 cm³/mol. The van der Waals surface area contributed by atoms with Gasteiger partial charge in [0.05, 0.1) is 0 Å². The van der Waals surface area contributed by atoms with Gasteiger partial charge in [-0.2, -0.15) is 0 Å². The molecule has 0 aromatic heterocycles. The number of carbonyl (C=O) groups is 1. The Bertz CT molecular complexity index is 287. The van der Waals surface area contributed by atoms with Crippen molar-refractivity contribution in [3.05, 3.63) is 0 Å². The fourth-order valence-corrected chi connectivity index (χ4v) is 3.27. The lowest BCUT2D eigenvalue weighted by Gasteiger charge is -2.30. The molecule has 3 N–H and O–H groups in total. The van der Waals surface area contributed by atoms with Gasteiger partial charge in [-0.15, -0.1) is 0 Å². The van der Waals surface area contributed by atoms with E-state index in [0.29, 0.717) is 12.3 Å². The van der Waals surface area contributed by atoms with Gasteiger partial charge in [0, 0.05) is 25.6 Å². The molecule has 2 rings (SSSR count). The summed E-state index contributed by atoms with van der Waals surface area (Å²) in [6, 6.07) is 0.245. The Morgan fingerprint density at radius 2 is 2.00 bits per heavy atom. The Morgan fingerprint density at radius 3 is 2.63 bits per heavy atom. The number of carbonyl (C=O) groups excluding carboxylic acids is 1. The minimum Gasteiger partial charge on any atom is -0.355 e. The van der Waals surface area contributed by atoms with Crippen LogP contribution in [0, 0.1) is 11.8 Å². The lowest BCUT2D eigenvalue weighted by molar-refractivity contribution is -0.122. The molecule has 1 aliphatic heterocycles. The van der Waals surface area contributed by atoms with E-state index in [1.165, 1.54) is 32.4 Å².